The van der Waals surface area contributed by atoms with Crippen molar-refractivity contribution in [3.05, 3.63) is 24.3 Å². The van der Waals surface area contributed by atoms with Gasteiger partial charge in [0, 0.05) is 6.04 Å². The predicted octanol–water partition coefficient (Wildman–Crippen LogP) is 2.67. The molecule has 1 heterocycles. The third-order valence-electron chi connectivity index (χ3n) is 4.75. The molecular formula is C18H25N3O2. The number of hydrogen-bond donors (Lipinski definition) is 2. The summed E-state index contributed by atoms with van der Waals surface area (Å²) in [5.74, 6) is -0.171. The minimum absolute atomic E-state index is 0.0310. The van der Waals surface area contributed by atoms with Crippen LogP contribution in [0.1, 0.15) is 45.4 Å². The fourth-order valence-electron chi connectivity index (χ4n) is 3.53. The van der Waals surface area contributed by atoms with Gasteiger partial charge in [-0.25, -0.2) is 0 Å². The van der Waals surface area contributed by atoms with Crippen LogP contribution in [0.2, 0.25) is 0 Å². The summed E-state index contributed by atoms with van der Waals surface area (Å²) in [6, 6.07) is 7.59. The van der Waals surface area contributed by atoms with E-state index in [1.807, 2.05) is 31.2 Å². The van der Waals surface area contributed by atoms with E-state index in [1.165, 1.54) is 25.7 Å². The highest BCUT2D eigenvalue weighted by Gasteiger charge is 2.30. The van der Waals surface area contributed by atoms with Crippen molar-refractivity contribution in [3.8, 4) is 0 Å². The van der Waals surface area contributed by atoms with Crippen LogP contribution in [0.5, 0.6) is 0 Å². The minimum Gasteiger partial charge on any atom is -0.323 e. The van der Waals surface area contributed by atoms with Crippen LogP contribution in [0.15, 0.2) is 24.3 Å². The SMILES string of the molecule is C[C@@H](NC1CCCCCC1)C(=O)N1CC(=O)Nc2ccccc21. The molecule has 2 N–H and O–H groups in total. The number of carbonyl (C=O) groups excluding carboxylic acids is 2. The molecule has 0 saturated heterocycles. The number of benzene rings is 1. The van der Waals surface area contributed by atoms with Gasteiger partial charge in [0.2, 0.25) is 11.8 Å². The molecule has 1 saturated carbocycles. The summed E-state index contributed by atoms with van der Waals surface area (Å²) in [5, 5.41) is 6.30. The van der Waals surface area contributed by atoms with Gasteiger partial charge in [-0.05, 0) is 31.9 Å². The van der Waals surface area contributed by atoms with Gasteiger partial charge in [0.15, 0.2) is 0 Å². The number of para-hydroxylation sites is 2. The van der Waals surface area contributed by atoms with E-state index in [2.05, 4.69) is 10.6 Å². The van der Waals surface area contributed by atoms with Crippen molar-refractivity contribution >= 4 is 23.2 Å². The molecule has 1 aromatic rings. The first-order chi connectivity index (χ1) is 11.1. The molecule has 1 aliphatic carbocycles. The number of fused-ring (bicyclic) bond motifs is 1. The van der Waals surface area contributed by atoms with Crippen LogP contribution in [-0.2, 0) is 9.59 Å². The van der Waals surface area contributed by atoms with Gasteiger partial charge in [-0.2, -0.15) is 0 Å². The fourth-order valence-corrected chi connectivity index (χ4v) is 3.53. The van der Waals surface area contributed by atoms with Crippen molar-refractivity contribution in [1.29, 1.82) is 0 Å². The maximum Gasteiger partial charge on any atom is 0.244 e. The lowest BCUT2D eigenvalue weighted by atomic mass is 10.1. The zero-order chi connectivity index (χ0) is 16.2. The normalized spacial score (nSPS) is 20.4. The molecule has 1 fully saturated rings. The van der Waals surface area contributed by atoms with Crippen molar-refractivity contribution in [1.82, 2.24) is 5.32 Å². The predicted molar refractivity (Wildman–Crippen MR) is 91.5 cm³/mol. The molecule has 0 spiro atoms. The number of hydrogen-bond acceptors (Lipinski definition) is 3. The number of nitrogens with one attached hydrogen (secondary N) is 2. The quantitative estimate of drug-likeness (QED) is 0.843. The van der Waals surface area contributed by atoms with Crippen LogP contribution >= 0.6 is 0 Å². The molecule has 2 aliphatic rings. The lowest BCUT2D eigenvalue weighted by Gasteiger charge is -2.32. The Morgan fingerprint density at radius 2 is 1.91 bits per heavy atom. The standard InChI is InChI=1S/C18H25N3O2/c1-13(19-14-8-4-2-3-5-9-14)18(23)21-12-17(22)20-15-10-6-7-11-16(15)21/h6-7,10-11,13-14,19H,2-5,8-9,12H2,1H3,(H,20,22)/t13-/m1/s1. The van der Waals surface area contributed by atoms with E-state index < -0.39 is 0 Å². The molecular weight excluding hydrogens is 290 g/mol. The average Bonchev–Trinajstić information content (AvgIpc) is 2.82. The van der Waals surface area contributed by atoms with E-state index in [0.29, 0.717) is 11.7 Å². The highest BCUT2D eigenvalue weighted by atomic mass is 16.2. The second-order valence-corrected chi connectivity index (χ2v) is 6.57. The summed E-state index contributed by atoms with van der Waals surface area (Å²) in [6.45, 7) is 1.99. The summed E-state index contributed by atoms with van der Waals surface area (Å²) in [5.41, 5.74) is 1.49. The van der Waals surface area contributed by atoms with Crippen LogP contribution in [-0.4, -0.2) is 30.4 Å². The molecule has 124 valence electrons. The maximum absolute atomic E-state index is 12.8. The Morgan fingerprint density at radius 3 is 2.65 bits per heavy atom. The van der Waals surface area contributed by atoms with Gasteiger partial charge in [-0.15, -0.1) is 0 Å². The van der Waals surface area contributed by atoms with Crippen LogP contribution in [0, 0.1) is 0 Å². The van der Waals surface area contributed by atoms with Crippen LogP contribution < -0.4 is 15.5 Å². The third kappa shape index (κ3) is 3.72. The largest absolute Gasteiger partial charge is 0.323 e. The molecule has 5 nitrogen and oxygen atoms in total. The Morgan fingerprint density at radius 1 is 1.22 bits per heavy atom. The van der Waals surface area contributed by atoms with Gasteiger partial charge in [0.25, 0.3) is 0 Å². The lowest BCUT2D eigenvalue weighted by molar-refractivity contribution is -0.123. The molecule has 0 radical (unpaired) electrons. The fraction of sp³-hybridized carbons (Fsp3) is 0.556. The third-order valence-corrected chi connectivity index (χ3v) is 4.75. The first kappa shape index (κ1) is 16.0. The number of amides is 2. The number of carbonyl (C=O) groups is 2. The lowest BCUT2D eigenvalue weighted by Crippen LogP contribution is -2.52. The molecule has 3 rings (SSSR count). The average molecular weight is 315 g/mol. The van der Waals surface area contributed by atoms with Crippen molar-refractivity contribution < 1.29 is 9.59 Å². The van der Waals surface area contributed by atoms with E-state index in [0.717, 1.165) is 18.5 Å². The van der Waals surface area contributed by atoms with Gasteiger partial charge in [-0.3, -0.25) is 14.5 Å². The van der Waals surface area contributed by atoms with E-state index in [1.54, 1.807) is 4.90 Å². The summed E-state index contributed by atoms with van der Waals surface area (Å²) in [6.07, 6.45) is 7.31. The van der Waals surface area contributed by atoms with E-state index >= 15 is 0 Å². The van der Waals surface area contributed by atoms with Gasteiger partial charge in [0.05, 0.1) is 17.4 Å². The molecule has 0 aromatic heterocycles. The monoisotopic (exact) mass is 315 g/mol. The highest BCUT2D eigenvalue weighted by Crippen LogP contribution is 2.29. The Hall–Kier alpha value is -1.88. The zero-order valence-electron chi connectivity index (χ0n) is 13.7. The molecule has 1 aromatic carbocycles. The Balaban J connectivity index is 1.70. The van der Waals surface area contributed by atoms with Crippen molar-refractivity contribution in [2.75, 3.05) is 16.8 Å². The second kappa shape index (κ2) is 7.13. The molecule has 1 aliphatic heterocycles. The summed E-state index contributed by atoms with van der Waals surface area (Å²) < 4.78 is 0. The van der Waals surface area contributed by atoms with E-state index in [4.69, 9.17) is 0 Å². The molecule has 23 heavy (non-hydrogen) atoms. The molecule has 0 bridgehead atoms. The van der Waals surface area contributed by atoms with Crippen molar-refractivity contribution in [2.45, 2.75) is 57.5 Å². The Kier molecular flexibility index (Phi) is 4.96. The molecule has 1 atom stereocenters. The van der Waals surface area contributed by atoms with Crippen LogP contribution in [0.25, 0.3) is 0 Å². The second-order valence-electron chi connectivity index (χ2n) is 6.57. The Bertz CT molecular complexity index is 579. The van der Waals surface area contributed by atoms with Gasteiger partial charge >= 0.3 is 0 Å². The van der Waals surface area contributed by atoms with E-state index in [-0.39, 0.29) is 24.4 Å². The molecule has 0 unspecified atom stereocenters. The smallest absolute Gasteiger partial charge is 0.244 e. The van der Waals surface area contributed by atoms with Crippen LogP contribution in [0.4, 0.5) is 11.4 Å². The first-order valence-corrected chi connectivity index (χ1v) is 8.61. The summed E-state index contributed by atoms with van der Waals surface area (Å²) >= 11 is 0. The first-order valence-electron chi connectivity index (χ1n) is 8.61. The van der Waals surface area contributed by atoms with Crippen molar-refractivity contribution in [2.24, 2.45) is 0 Å². The maximum atomic E-state index is 12.8. The summed E-state index contributed by atoms with van der Waals surface area (Å²) in [4.78, 5) is 26.3. The molecule has 5 heteroatoms. The van der Waals surface area contributed by atoms with Crippen molar-refractivity contribution in [3.63, 3.8) is 0 Å². The Labute approximate surface area is 137 Å². The van der Waals surface area contributed by atoms with Gasteiger partial charge in [0.1, 0.15) is 6.54 Å². The number of rotatable bonds is 3. The van der Waals surface area contributed by atoms with Gasteiger partial charge in [-0.1, -0.05) is 37.8 Å². The summed E-state index contributed by atoms with van der Waals surface area (Å²) in [7, 11) is 0. The minimum atomic E-state index is -0.281. The van der Waals surface area contributed by atoms with E-state index in [9.17, 15) is 9.59 Å². The zero-order valence-corrected chi connectivity index (χ0v) is 13.7. The molecule has 2 amide bonds. The topological polar surface area (TPSA) is 61.4 Å². The number of anilines is 2. The van der Waals surface area contributed by atoms with Crippen LogP contribution in [0.3, 0.4) is 0 Å². The van der Waals surface area contributed by atoms with Gasteiger partial charge < -0.3 is 10.6 Å². The highest BCUT2D eigenvalue weighted by molar-refractivity contribution is 6.11. The number of nitrogens with zero attached hydrogens (tertiary/aromatic N) is 1.